The van der Waals surface area contributed by atoms with Crippen LogP contribution in [0, 0.1) is 17.3 Å². The Labute approximate surface area is 207 Å². The van der Waals surface area contributed by atoms with Crippen LogP contribution >= 0.6 is 0 Å². The van der Waals surface area contributed by atoms with E-state index in [1.807, 2.05) is 30.3 Å². The predicted molar refractivity (Wildman–Crippen MR) is 133 cm³/mol. The molecule has 0 heterocycles. The molecule has 0 saturated heterocycles. The quantitative estimate of drug-likeness (QED) is 0.515. The number of ether oxygens (including phenoxy) is 2. The maximum Gasteiger partial charge on any atom is 0.190 e. The number of methoxy groups -OCH3 is 2. The number of carbonyl (C=O) groups is 3. The van der Waals surface area contributed by atoms with Crippen LogP contribution in [0.1, 0.15) is 80.6 Å². The summed E-state index contributed by atoms with van der Waals surface area (Å²) >= 11 is 0. The van der Waals surface area contributed by atoms with Gasteiger partial charge in [-0.05, 0) is 80.1 Å². The van der Waals surface area contributed by atoms with E-state index in [1.54, 1.807) is 21.1 Å². The third-order valence-corrected chi connectivity index (χ3v) is 9.69. The van der Waals surface area contributed by atoms with Gasteiger partial charge >= 0.3 is 0 Å². The summed E-state index contributed by atoms with van der Waals surface area (Å²) < 4.78 is 11.3. The van der Waals surface area contributed by atoms with Crippen molar-refractivity contribution >= 4 is 17.3 Å². The zero-order chi connectivity index (χ0) is 25.0. The Balaban J connectivity index is 1.56. The molecule has 1 unspecified atom stereocenters. The molecule has 0 amide bonds. The Kier molecular flexibility index (Phi) is 6.21. The van der Waals surface area contributed by atoms with Crippen molar-refractivity contribution in [2.75, 3.05) is 20.8 Å². The summed E-state index contributed by atoms with van der Waals surface area (Å²) in [6, 6.07) is 7.82. The van der Waals surface area contributed by atoms with Gasteiger partial charge in [0.1, 0.15) is 12.2 Å². The Hall–Kier alpha value is -2.37. The van der Waals surface area contributed by atoms with Gasteiger partial charge < -0.3 is 9.47 Å². The zero-order valence-corrected chi connectivity index (χ0v) is 21.3. The highest BCUT2D eigenvalue weighted by Crippen LogP contribution is 2.65. The Morgan fingerprint density at radius 3 is 2.46 bits per heavy atom. The third kappa shape index (κ3) is 3.62. The summed E-state index contributed by atoms with van der Waals surface area (Å²) in [5, 5.41) is 0. The van der Waals surface area contributed by atoms with E-state index in [0.29, 0.717) is 23.8 Å². The third-order valence-electron chi connectivity index (χ3n) is 9.69. The first-order valence-electron chi connectivity index (χ1n) is 12.9. The molecule has 2 fully saturated rings. The van der Waals surface area contributed by atoms with Gasteiger partial charge in [0.25, 0.3) is 0 Å². The minimum Gasteiger partial charge on any atom is -0.377 e. The van der Waals surface area contributed by atoms with Crippen LogP contribution < -0.4 is 0 Å². The number of hydrogen-bond donors (Lipinski definition) is 0. The second-order valence-electron chi connectivity index (χ2n) is 11.1. The van der Waals surface area contributed by atoms with Gasteiger partial charge in [-0.3, -0.25) is 14.4 Å². The summed E-state index contributed by atoms with van der Waals surface area (Å²) in [7, 11) is 3.26. The van der Waals surface area contributed by atoms with E-state index in [0.717, 1.165) is 44.1 Å². The van der Waals surface area contributed by atoms with Crippen molar-refractivity contribution < 1.29 is 23.9 Å². The summed E-state index contributed by atoms with van der Waals surface area (Å²) in [4.78, 5) is 37.8. The normalized spacial score (nSPS) is 34.1. The summed E-state index contributed by atoms with van der Waals surface area (Å²) in [5.74, 6) is 1.11. The number of benzene rings is 1. The van der Waals surface area contributed by atoms with E-state index < -0.39 is 5.60 Å². The Morgan fingerprint density at radius 1 is 1.06 bits per heavy atom. The lowest BCUT2D eigenvalue weighted by atomic mass is 9.53. The second-order valence-corrected chi connectivity index (χ2v) is 11.1. The monoisotopic (exact) mass is 476 g/mol. The molecule has 5 heteroatoms. The molecule has 5 atom stereocenters. The van der Waals surface area contributed by atoms with Gasteiger partial charge in [-0.15, -0.1) is 0 Å². The van der Waals surface area contributed by atoms with Crippen LogP contribution in [0.2, 0.25) is 0 Å². The minimum atomic E-state index is -0.787. The largest absolute Gasteiger partial charge is 0.377 e. The maximum atomic E-state index is 13.3. The summed E-state index contributed by atoms with van der Waals surface area (Å²) in [5.41, 5.74) is 4.84. The van der Waals surface area contributed by atoms with Gasteiger partial charge in [-0.2, -0.15) is 0 Å². The van der Waals surface area contributed by atoms with E-state index in [4.69, 9.17) is 9.47 Å². The first kappa shape index (κ1) is 24.3. The van der Waals surface area contributed by atoms with Crippen LogP contribution in [0.4, 0.5) is 0 Å². The van der Waals surface area contributed by atoms with Gasteiger partial charge in [0.2, 0.25) is 0 Å². The topological polar surface area (TPSA) is 69.7 Å². The lowest BCUT2D eigenvalue weighted by Gasteiger charge is -2.52. The lowest BCUT2D eigenvalue weighted by Crippen LogP contribution is -2.56. The van der Waals surface area contributed by atoms with E-state index in [2.05, 4.69) is 6.92 Å². The van der Waals surface area contributed by atoms with Crippen LogP contribution in [0.3, 0.4) is 0 Å². The summed E-state index contributed by atoms with van der Waals surface area (Å²) in [6.45, 7) is 3.92. The highest BCUT2D eigenvalue weighted by Gasteiger charge is 2.64. The highest BCUT2D eigenvalue weighted by atomic mass is 16.5. The fourth-order valence-corrected chi connectivity index (χ4v) is 8.02. The molecule has 0 N–H and O–H groups in total. The second kappa shape index (κ2) is 8.94. The van der Waals surface area contributed by atoms with Crippen molar-refractivity contribution in [3.63, 3.8) is 0 Å². The lowest BCUT2D eigenvalue weighted by molar-refractivity contribution is -0.165. The van der Waals surface area contributed by atoms with E-state index in [9.17, 15) is 14.4 Å². The number of rotatable bonds is 6. The number of fused-ring (bicyclic) bond motifs is 4. The molecule has 0 spiro atoms. The first-order valence-corrected chi connectivity index (χ1v) is 12.9. The van der Waals surface area contributed by atoms with Crippen molar-refractivity contribution in [2.24, 2.45) is 17.3 Å². The average Bonchev–Trinajstić information content (AvgIpc) is 3.16. The molecule has 186 valence electrons. The van der Waals surface area contributed by atoms with Gasteiger partial charge in [-0.1, -0.05) is 36.8 Å². The van der Waals surface area contributed by atoms with Crippen LogP contribution in [0.25, 0.3) is 0 Å². The molecule has 5 nitrogen and oxygen atoms in total. The molecule has 0 radical (unpaired) electrons. The van der Waals surface area contributed by atoms with Gasteiger partial charge in [0, 0.05) is 37.5 Å². The van der Waals surface area contributed by atoms with Crippen LogP contribution in [0.15, 0.2) is 47.1 Å². The van der Waals surface area contributed by atoms with E-state index in [-0.39, 0.29) is 35.3 Å². The predicted octanol–water partition coefficient (Wildman–Crippen LogP) is 5.39. The molecule has 4 aliphatic rings. The molecule has 0 aromatic heterocycles. The molecular weight excluding hydrogens is 440 g/mol. The van der Waals surface area contributed by atoms with Crippen molar-refractivity contribution in [3.05, 3.63) is 58.2 Å². The van der Waals surface area contributed by atoms with E-state index >= 15 is 0 Å². The molecule has 5 rings (SSSR count). The minimum absolute atomic E-state index is 0.0365. The molecule has 1 aromatic carbocycles. The van der Waals surface area contributed by atoms with Gasteiger partial charge in [0.05, 0.1) is 0 Å². The fraction of sp³-hybridized carbons (Fsp3) is 0.567. The number of allylic oxidation sites excluding steroid dienone is 4. The van der Waals surface area contributed by atoms with Gasteiger partial charge in [0.15, 0.2) is 17.3 Å². The van der Waals surface area contributed by atoms with Crippen molar-refractivity contribution in [3.8, 4) is 0 Å². The highest BCUT2D eigenvalue weighted by molar-refractivity contribution is 5.95. The molecule has 0 aliphatic heterocycles. The first-order chi connectivity index (χ1) is 16.8. The maximum absolute atomic E-state index is 13.3. The number of carbonyl (C=O) groups excluding carboxylic acids is 3. The zero-order valence-electron chi connectivity index (χ0n) is 21.3. The molecule has 35 heavy (non-hydrogen) atoms. The van der Waals surface area contributed by atoms with Crippen molar-refractivity contribution in [1.82, 2.24) is 0 Å². The molecule has 0 bridgehead atoms. The van der Waals surface area contributed by atoms with Crippen LogP contribution in [-0.2, 0) is 19.1 Å². The Morgan fingerprint density at radius 2 is 1.80 bits per heavy atom. The number of ketones is 3. The number of hydrogen-bond acceptors (Lipinski definition) is 5. The number of Topliss-reactive ketones (excluding diaryl/α,β-unsaturated/α-hetero) is 2. The smallest absolute Gasteiger partial charge is 0.190 e. The van der Waals surface area contributed by atoms with Gasteiger partial charge in [-0.25, -0.2) is 0 Å². The molecule has 2 saturated carbocycles. The average molecular weight is 477 g/mol. The fourth-order valence-electron chi connectivity index (χ4n) is 8.02. The molecule has 1 aromatic rings. The molecule has 4 aliphatic carbocycles. The van der Waals surface area contributed by atoms with Crippen molar-refractivity contribution in [2.45, 2.75) is 70.3 Å². The standard InChI is InChI=1S/C30H36O5/c1-18(31)19-5-7-20(8-6-19)25-16-22(32)15-21-9-10-23-24(28(21)25)11-13-29(2)26(23)12-14-30(29,35-4)27(33)17-34-3/h5-8,15,23,25-26H,9-14,16-17H2,1-4H3/t23-,25?,26+,29+,30+/m1/s1. The van der Waals surface area contributed by atoms with Crippen molar-refractivity contribution in [1.29, 1.82) is 0 Å². The SMILES string of the molecule is COCC(=O)[C@@]1(OC)CC[C@H]2[C@@H]3CCC4=CC(=O)CC(c5ccc(C(C)=O)cc5)C4=C3CC[C@@]21C. The van der Waals surface area contributed by atoms with Crippen LogP contribution in [0.5, 0.6) is 0 Å². The summed E-state index contributed by atoms with van der Waals surface area (Å²) in [6.07, 6.45) is 7.80. The Bertz CT molecular complexity index is 1130. The van der Waals surface area contributed by atoms with Crippen LogP contribution in [-0.4, -0.2) is 43.8 Å². The van der Waals surface area contributed by atoms with E-state index in [1.165, 1.54) is 16.7 Å². The molecular formula is C30H36O5.